The first-order valence-corrected chi connectivity index (χ1v) is 12.7. The second-order valence-corrected chi connectivity index (χ2v) is 11.4. The number of anilines is 1. The number of benzene rings is 1. The van der Waals surface area contributed by atoms with Gasteiger partial charge >= 0.3 is 5.97 Å². The molecule has 3 amide bonds. The van der Waals surface area contributed by atoms with E-state index in [2.05, 4.69) is 53.1 Å². The van der Waals surface area contributed by atoms with Gasteiger partial charge in [-0.05, 0) is 58.8 Å². The normalized spacial score (nSPS) is 31.2. The van der Waals surface area contributed by atoms with Crippen molar-refractivity contribution in [2.24, 2.45) is 23.7 Å². The molecule has 7 nitrogen and oxygen atoms in total. The number of halogens is 4. The zero-order valence-electron chi connectivity index (χ0n) is 16.2. The van der Waals surface area contributed by atoms with Gasteiger partial charge in [-0.2, -0.15) is 0 Å². The number of nitrogens with one attached hydrogen (secondary N) is 1. The summed E-state index contributed by atoms with van der Waals surface area (Å²) in [5.41, 5.74) is 1.16. The number of hydrogen-bond acceptors (Lipinski definition) is 5. The van der Waals surface area contributed by atoms with Crippen LogP contribution < -0.4 is 5.32 Å². The minimum Gasteiger partial charge on any atom is -0.454 e. The molecule has 2 aliphatic carbocycles. The predicted molar refractivity (Wildman–Crippen MR) is 124 cm³/mol. The number of likely N-dealkylation sites (tertiary alicyclic amines) is 1. The zero-order chi connectivity index (χ0) is 22.6. The third kappa shape index (κ3) is 3.98. The predicted octanol–water partition coefficient (Wildman–Crippen LogP) is 3.67. The quantitative estimate of drug-likeness (QED) is 0.301. The van der Waals surface area contributed by atoms with Crippen molar-refractivity contribution in [1.29, 1.82) is 0 Å². The Morgan fingerprint density at radius 2 is 1.74 bits per heavy atom. The fourth-order valence-corrected chi connectivity index (χ4v) is 7.33. The molecule has 0 spiro atoms. The molecule has 1 heterocycles. The highest BCUT2D eigenvalue weighted by Gasteiger charge is 2.66. The van der Waals surface area contributed by atoms with Crippen LogP contribution in [0, 0.1) is 30.6 Å². The Balaban J connectivity index is 1.33. The lowest BCUT2D eigenvalue weighted by atomic mass is 9.81. The summed E-state index contributed by atoms with van der Waals surface area (Å²) in [6.07, 6.45) is 0.816. The molecule has 2 saturated carbocycles. The number of carbonyl (C=O) groups excluding carboxylic acids is 4. The van der Waals surface area contributed by atoms with E-state index in [-0.39, 0.29) is 33.3 Å². The first-order chi connectivity index (χ1) is 14.6. The van der Waals surface area contributed by atoms with E-state index >= 15 is 0 Å². The number of ether oxygens (including phenoxy) is 1. The van der Waals surface area contributed by atoms with Crippen LogP contribution in [0.5, 0.6) is 0 Å². The van der Waals surface area contributed by atoms with E-state index in [1.807, 2.05) is 0 Å². The van der Waals surface area contributed by atoms with E-state index < -0.39 is 36.9 Å². The minimum atomic E-state index is -0.805. The van der Waals surface area contributed by atoms with Crippen LogP contribution in [0.25, 0.3) is 0 Å². The van der Waals surface area contributed by atoms with Crippen LogP contribution in [-0.4, -0.2) is 51.4 Å². The Hall–Kier alpha value is -0.970. The number of alkyl halides is 2. The van der Waals surface area contributed by atoms with Crippen molar-refractivity contribution in [1.82, 2.24) is 4.90 Å². The Morgan fingerprint density at radius 3 is 2.32 bits per heavy atom. The highest BCUT2D eigenvalue weighted by molar-refractivity contribution is 9.12. The van der Waals surface area contributed by atoms with Crippen LogP contribution >= 0.6 is 59.4 Å². The van der Waals surface area contributed by atoms with Crippen molar-refractivity contribution in [3.05, 3.63) is 27.2 Å². The fraction of sp³-hybridized carbons (Fsp3) is 0.500. The lowest BCUT2D eigenvalue weighted by molar-refractivity contribution is -0.154. The topological polar surface area (TPSA) is 92.8 Å². The molecule has 11 heteroatoms. The largest absolute Gasteiger partial charge is 0.454 e. The van der Waals surface area contributed by atoms with E-state index in [0.29, 0.717) is 20.7 Å². The molecule has 1 aliphatic heterocycles. The molecule has 1 saturated heterocycles. The van der Waals surface area contributed by atoms with Crippen LogP contribution in [0.3, 0.4) is 0 Å². The summed E-state index contributed by atoms with van der Waals surface area (Å²) in [7, 11) is 0. The van der Waals surface area contributed by atoms with Crippen LogP contribution in [0.15, 0.2) is 16.6 Å². The Labute approximate surface area is 208 Å². The minimum absolute atomic E-state index is 0.0728. The maximum atomic E-state index is 12.8. The van der Waals surface area contributed by atoms with Gasteiger partial charge in [0, 0.05) is 19.8 Å². The van der Waals surface area contributed by atoms with Gasteiger partial charge in [0.05, 0.1) is 16.9 Å². The van der Waals surface area contributed by atoms with Crippen LogP contribution in [0.4, 0.5) is 5.69 Å². The average molecular weight is 642 g/mol. The summed E-state index contributed by atoms with van der Waals surface area (Å²) in [6.45, 7) is 0.728. The number of esters is 1. The summed E-state index contributed by atoms with van der Waals surface area (Å²) in [5, 5.41) is 3.10. The smallest absolute Gasteiger partial charge is 0.326 e. The molecule has 1 N–H and O–H groups in total. The summed E-state index contributed by atoms with van der Waals surface area (Å²) in [5.74, 6) is -2.64. The maximum Gasteiger partial charge on any atom is 0.326 e. The van der Waals surface area contributed by atoms with Crippen molar-refractivity contribution < 1.29 is 23.9 Å². The first kappa shape index (κ1) is 23.2. The third-order valence-corrected chi connectivity index (χ3v) is 10.9. The lowest BCUT2D eigenvalue weighted by Gasteiger charge is -2.28. The maximum absolute atomic E-state index is 12.8. The number of nitrogens with zero attached hydrogens (tertiary/aromatic N) is 1. The molecule has 0 unspecified atom stereocenters. The molecule has 2 bridgehead atoms. The molecular weight excluding hydrogens is 623 g/mol. The Bertz CT molecular complexity index is 958. The van der Waals surface area contributed by atoms with E-state index in [1.54, 1.807) is 19.1 Å². The molecule has 3 aliphatic rings. The van der Waals surface area contributed by atoms with Gasteiger partial charge in [0.1, 0.15) is 6.54 Å². The van der Waals surface area contributed by atoms with Gasteiger partial charge in [-0.1, -0.05) is 43.5 Å². The van der Waals surface area contributed by atoms with Gasteiger partial charge in [0.15, 0.2) is 6.61 Å². The molecule has 1 aromatic carbocycles. The molecule has 31 heavy (non-hydrogen) atoms. The zero-order valence-corrected chi connectivity index (χ0v) is 21.8. The first-order valence-electron chi connectivity index (χ1n) is 9.65. The summed E-state index contributed by atoms with van der Waals surface area (Å²) >= 11 is 16.7. The second kappa shape index (κ2) is 8.76. The van der Waals surface area contributed by atoms with E-state index in [9.17, 15) is 19.2 Å². The van der Waals surface area contributed by atoms with E-state index in [1.165, 1.54) is 0 Å². The van der Waals surface area contributed by atoms with Crippen LogP contribution in [-0.2, 0) is 23.9 Å². The molecule has 0 radical (unpaired) electrons. The highest BCUT2D eigenvalue weighted by atomic mass is 79.9. The molecule has 3 fully saturated rings. The van der Waals surface area contributed by atoms with Gasteiger partial charge in [0.25, 0.3) is 5.91 Å². The van der Waals surface area contributed by atoms with Gasteiger partial charge in [0.2, 0.25) is 11.8 Å². The fourth-order valence-electron chi connectivity index (χ4n) is 4.86. The standard InChI is InChI=1S/C20H18Br3ClN2O5/c1-7-11(3-2-10(21)18(7)24)25-12(27)6-31-13(28)5-26-19(29)14-8-4-9(15(14)20(26)30)17(23)16(8)22/h2-3,8-9,14-17H,4-6H2,1H3,(H,25,27)/t8-,9-,14-,15-,16+,17+/m1/s1. The Morgan fingerprint density at radius 1 is 1.16 bits per heavy atom. The number of imide groups is 1. The van der Waals surface area contributed by atoms with Crippen LogP contribution in [0.1, 0.15) is 12.0 Å². The molecule has 0 aromatic heterocycles. The molecule has 166 valence electrons. The van der Waals surface area contributed by atoms with Crippen molar-refractivity contribution in [2.75, 3.05) is 18.5 Å². The Kier molecular flexibility index (Phi) is 6.55. The number of amides is 3. The highest BCUT2D eigenvalue weighted by Crippen LogP contribution is 2.60. The number of rotatable bonds is 5. The summed E-state index contributed by atoms with van der Waals surface area (Å²) < 4.78 is 5.70. The van der Waals surface area contributed by atoms with Crippen molar-refractivity contribution >= 4 is 88.8 Å². The van der Waals surface area contributed by atoms with Gasteiger partial charge in [-0.3, -0.25) is 24.1 Å². The van der Waals surface area contributed by atoms with Crippen molar-refractivity contribution in [3.8, 4) is 0 Å². The number of fused-ring (bicyclic) bond motifs is 5. The molecule has 6 atom stereocenters. The average Bonchev–Trinajstić information content (AvgIpc) is 3.33. The second-order valence-electron chi connectivity index (χ2n) is 8.01. The number of hydrogen-bond donors (Lipinski definition) is 1. The summed E-state index contributed by atoms with van der Waals surface area (Å²) in [6, 6.07) is 3.37. The van der Waals surface area contributed by atoms with E-state index in [0.717, 1.165) is 11.3 Å². The van der Waals surface area contributed by atoms with Crippen molar-refractivity contribution in [2.45, 2.75) is 23.0 Å². The SMILES string of the molecule is Cc1c(NC(=O)COC(=O)CN2C(=O)[C@@H]3[C@H]4C[C@@H]([C@H](Br)[C@H]4Br)[C@H]3C2=O)ccc(Br)c1Cl. The van der Waals surface area contributed by atoms with Gasteiger partial charge in [-0.15, -0.1) is 0 Å². The van der Waals surface area contributed by atoms with Gasteiger partial charge < -0.3 is 10.1 Å². The third-order valence-electron chi connectivity index (χ3n) is 6.34. The lowest BCUT2D eigenvalue weighted by Crippen LogP contribution is -2.38. The molecule has 1 aromatic rings. The molecular formula is C20H18Br3ClN2O5. The van der Waals surface area contributed by atoms with E-state index in [4.69, 9.17) is 16.3 Å². The monoisotopic (exact) mass is 638 g/mol. The number of carbonyl (C=O) groups is 4. The van der Waals surface area contributed by atoms with Crippen LogP contribution in [0.2, 0.25) is 5.02 Å². The molecule has 4 rings (SSSR count). The van der Waals surface area contributed by atoms with Crippen molar-refractivity contribution in [3.63, 3.8) is 0 Å². The summed E-state index contributed by atoms with van der Waals surface area (Å²) in [4.78, 5) is 51.3. The van der Waals surface area contributed by atoms with Gasteiger partial charge in [-0.25, -0.2) is 0 Å².